The average molecular weight is 249 g/mol. The van der Waals surface area contributed by atoms with E-state index in [2.05, 4.69) is 31.3 Å². The Bertz CT molecular complexity index is 353. The van der Waals surface area contributed by atoms with Crippen LogP contribution in [0.2, 0.25) is 0 Å². The van der Waals surface area contributed by atoms with Gasteiger partial charge in [-0.3, -0.25) is 0 Å². The molecule has 1 saturated heterocycles. The number of nitrogens with one attached hydrogen (secondary N) is 1. The molecular formula is C15H23NO2. The lowest BCUT2D eigenvalue weighted by Gasteiger charge is -2.31. The van der Waals surface area contributed by atoms with Crippen LogP contribution in [0.25, 0.3) is 0 Å². The maximum absolute atomic E-state index is 5.95. The van der Waals surface area contributed by atoms with E-state index in [1.54, 1.807) is 7.11 Å². The number of ether oxygens (including phenoxy) is 2. The lowest BCUT2D eigenvalue weighted by molar-refractivity contribution is -0.00132. The van der Waals surface area contributed by atoms with Gasteiger partial charge in [0.1, 0.15) is 5.75 Å². The quantitative estimate of drug-likeness (QED) is 0.890. The first kappa shape index (κ1) is 13.4. The summed E-state index contributed by atoms with van der Waals surface area (Å²) in [5, 5.41) is 3.57. The van der Waals surface area contributed by atoms with Gasteiger partial charge in [-0.1, -0.05) is 26.0 Å². The Labute approximate surface area is 109 Å². The molecule has 1 aliphatic heterocycles. The van der Waals surface area contributed by atoms with Gasteiger partial charge in [0, 0.05) is 12.6 Å². The Morgan fingerprint density at radius 1 is 1.33 bits per heavy atom. The van der Waals surface area contributed by atoms with E-state index in [-0.39, 0.29) is 6.10 Å². The van der Waals surface area contributed by atoms with Crippen molar-refractivity contribution >= 4 is 0 Å². The van der Waals surface area contributed by atoms with Gasteiger partial charge in [0.25, 0.3) is 0 Å². The first-order chi connectivity index (χ1) is 8.69. The minimum atomic E-state index is 0.166. The van der Waals surface area contributed by atoms with Crippen LogP contribution in [-0.4, -0.2) is 26.3 Å². The van der Waals surface area contributed by atoms with Crippen molar-refractivity contribution in [2.45, 2.75) is 32.4 Å². The van der Waals surface area contributed by atoms with Crippen LogP contribution in [0.5, 0.6) is 5.75 Å². The third-order valence-electron chi connectivity index (χ3n) is 3.33. The van der Waals surface area contributed by atoms with Crippen molar-refractivity contribution in [2.75, 3.05) is 20.3 Å². The topological polar surface area (TPSA) is 30.5 Å². The molecule has 0 radical (unpaired) electrons. The Balaban J connectivity index is 1.88. The molecule has 0 aliphatic carbocycles. The molecule has 2 rings (SSSR count). The molecule has 3 nitrogen and oxygen atoms in total. The monoisotopic (exact) mass is 249 g/mol. The van der Waals surface area contributed by atoms with Crippen molar-refractivity contribution < 1.29 is 9.47 Å². The Morgan fingerprint density at radius 3 is 2.56 bits per heavy atom. The zero-order chi connectivity index (χ0) is 13.0. The molecule has 1 aliphatic rings. The SMILES string of the molecule is COc1ccc(C2CNC(CC(C)C)CO2)cc1. The van der Waals surface area contributed by atoms with Crippen molar-refractivity contribution in [1.29, 1.82) is 0 Å². The highest BCUT2D eigenvalue weighted by Crippen LogP contribution is 2.23. The fourth-order valence-corrected chi connectivity index (χ4v) is 2.38. The molecule has 1 aromatic carbocycles. The second-order valence-electron chi connectivity index (χ2n) is 5.33. The van der Waals surface area contributed by atoms with E-state index in [1.165, 1.54) is 12.0 Å². The molecule has 0 aromatic heterocycles. The van der Waals surface area contributed by atoms with Crippen LogP contribution in [0.15, 0.2) is 24.3 Å². The third kappa shape index (κ3) is 3.47. The Hall–Kier alpha value is -1.06. The fraction of sp³-hybridized carbons (Fsp3) is 0.600. The predicted octanol–water partition coefficient (Wildman–Crippen LogP) is 2.77. The summed E-state index contributed by atoms with van der Waals surface area (Å²) >= 11 is 0. The van der Waals surface area contributed by atoms with E-state index in [1.807, 2.05) is 12.1 Å². The molecule has 0 bridgehead atoms. The summed E-state index contributed by atoms with van der Waals surface area (Å²) in [5.74, 6) is 1.60. The summed E-state index contributed by atoms with van der Waals surface area (Å²) in [6.45, 7) is 6.19. The molecule has 1 fully saturated rings. The van der Waals surface area contributed by atoms with E-state index in [4.69, 9.17) is 9.47 Å². The largest absolute Gasteiger partial charge is 0.497 e. The van der Waals surface area contributed by atoms with Gasteiger partial charge in [0.05, 0.1) is 19.8 Å². The van der Waals surface area contributed by atoms with E-state index in [0.717, 1.165) is 18.9 Å². The molecule has 0 saturated carbocycles. The zero-order valence-corrected chi connectivity index (χ0v) is 11.5. The third-order valence-corrected chi connectivity index (χ3v) is 3.33. The van der Waals surface area contributed by atoms with Crippen LogP contribution in [0, 0.1) is 5.92 Å². The zero-order valence-electron chi connectivity index (χ0n) is 11.5. The summed E-state index contributed by atoms with van der Waals surface area (Å²) in [7, 11) is 1.68. The van der Waals surface area contributed by atoms with Crippen molar-refractivity contribution in [3.8, 4) is 5.75 Å². The second-order valence-corrected chi connectivity index (χ2v) is 5.33. The number of benzene rings is 1. The molecule has 2 atom stereocenters. The van der Waals surface area contributed by atoms with Crippen LogP contribution < -0.4 is 10.1 Å². The van der Waals surface area contributed by atoms with E-state index >= 15 is 0 Å². The highest BCUT2D eigenvalue weighted by molar-refractivity contribution is 5.28. The number of hydrogen-bond acceptors (Lipinski definition) is 3. The molecular weight excluding hydrogens is 226 g/mol. The molecule has 3 heteroatoms. The standard InChI is InChI=1S/C15H23NO2/c1-11(2)8-13-10-18-15(9-16-13)12-4-6-14(17-3)7-5-12/h4-7,11,13,15-16H,8-10H2,1-3H3. The van der Waals surface area contributed by atoms with E-state index < -0.39 is 0 Å². The molecule has 18 heavy (non-hydrogen) atoms. The van der Waals surface area contributed by atoms with Gasteiger partial charge >= 0.3 is 0 Å². The molecule has 1 aromatic rings. The van der Waals surface area contributed by atoms with Crippen molar-refractivity contribution in [3.05, 3.63) is 29.8 Å². The van der Waals surface area contributed by atoms with Gasteiger partial charge in [-0.2, -0.15) is 0 Å². The summed E-state index contributed by atoms with van der Waals surface area (Å²) < 4.78 is 11.1. The first-order valence-corrected chi connectivity index (χ1v) is 6.68. The maximum Gasteiger partial charge on any atom is 0.118 e. The number of morpholine rings is 1. The summed E-state index contributed by atoms with van der Waals surface area (Å²) in [6.07, 6.45) is 1.34. The van der Waals surface area contributed by atoms with E-state index in [0.29, 0.717) is 12.0 Å². The lowest BCUT2D eigenvalue weighted by Crippen LogP contribution is -2.43. The molecule has 0 amide bonds. The van der Waals surface area contributed by atoms with Crippen molar-refractivity contribution in [2.24, 2.45) is 5.92 Å². The summed E-state index contributed by atoms with van der Waals surface area (Å²) in [5.41, 5.74) is 1.21. The number of rotatable bonds is 4. The molecule has 0 spiro atoms. The highest BCUT2D eigenvalue weighted by atomic mass is 16.5. The second kappa shape index (κ2) is 6.21. The van der Waals surface area contributed by atoms with Crippen molar-refractivity contribution in [1.82, 2.24) is 5.32 Å². The first-order valence-electron chi connectivity index (χ1n) is 6.68. The summed E-state index contributed by atoms with van der Waals surface area (Å²) in [6, 6.07) is 8.62. The normalized spacial score (nSPS) is 24.2. The lowest BCUT2D eigenvalue weighted by atomic mass is 10.0. The van der Waals surface area contributed by atoms with Crippen molar-refractivity contribution in [3.63, 3.8) is 0 Å². The fourth-order valence-electron chi connectivity index (χ4n) is 2.38. The van der Waals surface area contributed by atoms with Gasteiger partial charge in [-0.15, -0.1) is 0 Å². The van der Waals surface area contributed by atoms with Gasteiger partial charge in [-0.25, -0.2) is 0 Å². The molecule has 1 heterocycles. The van der Waals surface area contributed by atoms with Crippen LogP contribution in [0.4, 0.5) is 0 Å². The summed E-state index contributed by atoms with van der Waals surface area (Å²) in [4.78, 5) is 0. The van der Waals surface area contributed by atoms with Crippen LogP contribution in [0.1, 0.15) is 31.9 Å². The van der Waals surface area contributed by atoms with Gasteiger partial charge in [0.15, 0.2) is 0 Å². The maximum atomic E-state index is 5.95. The van der Waals surface area contributed by atoms with Gasteiger partial charge < -0.3 is 14.8 Å². The average Bonchev–Trinajstić information content (AvgIpc) is 2.39. The van der Waals surface area contributed by atoms with Gasteiger partial charge in [0.2, 0.25) is 0 Å². The number of hydrogen-bond donors (Lipinski definition) is 1. The molecule has 1 N–H and O–H groups in total. The van der Waals surface area contributed by atoms with Gasteiger partial charge in [-0.05, 0) is 30.0 Å². The highest BCUT2D eigenvalue weighted by Gasteiger charge is 2.22. The minimum Gasteiger partial charge on any atom is -0.497 e. The van der Waals surface area contributed by atoms with Crippen LogP contribution in [0.3, 0.4) is 0 Å². The Morgan fingerprint density at radius 2 is 2.06 bits per heavy atom. The van der Waals surface area contributed by atoms with Crippen LogP contribution in [-0.2, 0) is 4.74 Å². The van der Waals surface area contributed by atoms with Crippen LogP contribution >= 0.6 is 0 Å². The predicted molar refractivity (Wildman–Crippen MR) is 72.9 cm³/mol. The molecule has 2 unspecified atom stereocenters. The molecule has 100 valence electrons. The van der Waals surface area contributed by atoms with E-state index in [9.17, 15) is 0 Å². The minimum absolute atomic E-state index is 0.166. The Kier molecular flexibility index (Phi) is 4.61. The smallest absolute Gasteiger partial charge is 0.118 e. The number of methoxy groups -OCH3 is 1.